The van der Waals surface area contributed by atoms with Gasteiger partial charge in [-0.1, -0.05) is 19.1 Å². The molecule has 23 heavy (non-hydrogen) atoms. The number of rotatable bonds is 3. The number of carbonyl (C=O) groups is 2. The Bertz CT molecular complexity index is 758. The number of thioether (sulfide) groups is 1. The van der Waals surface area contributed by atoms with Crippen molar-refractivity contribution in [3.8, 4) is 0 Å². The molecule has 0 fully saturated rings. The van der Waals surface area contributed by atoms with Gasteiger partial charge in [-0.05, 0) is 42.3 Å². The van der Waals surface area contributed by atoms with E-state index in [1.54, 1.807) is 23.9 Å². The molecule has 2 aromatic carbocycles. The summed E-state index contributed by atoms with van der Waals surface area (Å²) in [5, 5.41) is 5.77. The number of amides is 2. The van der Waals surface area contributed by atoms with Crippen molar-refractivity contribution in [2.45, 2.75) is 24.7 Å². The van der Waals surface area contributed by atoms with Gasteiger partial charge in [0.2, 0.25) is 5.91 Å². The maximum Gasteiger partial charge on any atom is 0.255 e. The molecular formula is C18H18N2O2S. The third-order valence-corrected chi connectivity index (χ3v) is 4.77. The zero-order valence-electron chi connectivity index (χ0n) is 12.9. The van der Waals surface area contributed by atoms with Crippen LogP contribution in [0.15, 0.2) is 47.4 Å². The molecule has 0 unspecified atom stereocenters. The first-order valence-electron chi connectivity index (χ1n) is 7.62. The fourth-order valence-corrected chi connectivity index (χ4v) is 3.37. The molecule has 1 aliphatic rings. The first kappa shape index (κ1) is 15.6. The monoisotopic (exact) mass is 326 g/mol. The lowest BCUT2D eigenvalue weighted by Gasteiger charge is -2.10. The van der Waals surface area contributed by atoms with Gasteiger partial charge in [0, 0.05) is 28.3 Å². The highest BCUT2D eigenvalue weighted by Crippen LogP contribution is 2.31. The zero-order valence-corrected chi connectivity index (χ0v) is 13.7. The van der Waals surface area contributed by atoms with Crippen LogP contribution in [0.2, 0.25) is 0 Å². The number of benzene rings is 2. The van der Waals surface area contributed by atoms with E-state index in [9.17, 15) is 9.59 Å². The zero-order chi connectivity index (χ0) is 16.2. The smallest absolute Gasteiger partial charge is 0.255 e. The quantitative estimate of drug-likeness (QED) is 0.898. The lowest BCUT2D eigenvalue weighted by atomic mass is 10.1. The topological polar surface area (TPSA) is 58.2 Å². The van der Waals surface area contributed by atoms with Gasteiger partial charge in [-0.2, -0.15) is 0 Å². The van der Waals surface area contributed by atoms with Gasteiger partial charge in [-0.15, -0.1) is 11.8 Å². The third kappa shape index (κ3) is 3.74. The van der Waals surface area contributed by atoms with Gasteiger partial charge in [0.1, 0.15) is 0 Å². The molecule has 1 heterocycles. The summed E-state index contributed by atoms with van der Waals surface area (Å²) < 4.78 is 0. The molecule has 2 amide bonds. The fourth-order valence-electron chi connectivity index (χ4n) is 2.43. The molecular weight excluding hydrogens is 308 g/mol. The second-order valence-corrected chi connectivity index (χ2v) is 6.50. The van der Waals surface area contributed by atoms with Crippen LogP contribution in [-0.4, -0.2) is 17.6 Å². The summed E-state index contributed by atoms with van der Waals surface area (Å²) in [6, 6.07) is 13.2. The number of anilines is 2. The molecule has 0 bridgehead atoms. The third-order valence-electron chi connectivity index (χ3n) is 3.70. The van der Waals surface area contributed by atoms with E-state index in [-0.39, 0.29) is 11.8 Å². The van der Waals surface area contributed by atoms with E-state index in [4.69, 9.17) is 0 Å². The molecule has 0 saturated heterocycles. The maximum absolute atomic E-state index is 12.4. The molecule has 4 nitrogen and oxygen atoms in total. The number of hydrogen-bond donors (Lipinski definition) is 2. The molecule has 5 heteroatoms. The van der Waals surface area contributed by atoms with Gasteiger partial charge < -0.3 is 10.6 Å². The predicted octanol–water partition coefficient (Wildman–Crippen LogP) is 3.94. The van der Waals surface area contributed by atoms with Crippen LogP contribution < -0.4 is 10.6 Å². The highest BCUT2D eigenvalue weighted by atomic mass is 32.2. The van der Waals surface area contributed by atoms with Crippen LogP contribution in [-0.2, 0) is 11.2 Å². The Morgan fingerprint density at radius 1 is 1.26 bits per heavy atom. The molecule has 0 atom stereocenters. The largest absolute Gasteiger partial charge is 0.325 e. The van der Waals surface area contributed by atoms with Gasteiger partial charge >= 0.3 is 0 Å². The van der Waals surface area contributed by atoms with E-state index in [0.29, 0.717) is 17.7 Å². The summed E-state index contributed by atoms with van der Waals surface area (Å²) in [6.45, 7) is 2.08. The molecule has 3 rings (SSSR count). The predicted molar refractivity (Wildman–Crippen MR) is 94.2 cm³/mol. The Morgan fingerprint density at radius 3 is 2.96 bits per heavy atom. The summed E-state index contributed by atoms with van der Waals surface area (Å²) in [5.74, 6) is 0.572. The second-order valence-electron chi connectivity index (χ2n) is 5.37. The minimum Gasteiger partial charge on any atom is -0.325 e. The standard InChI is InChI=1S/C18H18N2O2S/c1-2-12-4-3-5-14(10-12)19-18(22)13-6-7-16-15(11-13)20-17(21)8-9-23-16/h3-7,10-11H,2,8-9H2,1H3,(H,19,22)(H,20,21). The van der Waals surface area contributed by atoms with Crippen LogP contribution in [0.4, 0.5) is 11.4 Å². The van der Waals surface area contributed by atoms with E-state index in [0.717, 1.165) is 22.8 Å². The van der Waals surface area contributed by atoms with E-state index in [2.05, 4.69) is 17.6 Å². The van der Waals surface area contributed by atoms with Crippen molar-refractivity contribution < 1.29 is 9.59 Å². The number of carbonyl (C=O) groups excluding carboxylic acids is 2. The SMILES string of the molecule is CCc1cccc(NC(=O)c2ccc3c(c2)NC(=O)CCS3)c1. The number of hydrogen-bond acceptors (Lipinski definition) is 3. The number of aryl methyl sites for hydroxylation is 1. The first-order valence-corrected chi connectivity index (χ1v) is 8.61. The first-order chi connectivity index (χ1) is 11.2. The molecule has 1 aliphatic heterocycles. The van der Waals surface area contributed by atoms with Gasteiger partial charge in [-0.25, -0.2) is 0 Å². The van der Waals surface area contributed by atoms with Crippen molar-refractivity contribution in [2.75, 3.05) is 16.4 Å². The molecule has 2 aromatic rings. The van der Waals surface area contributed by atoms with Crippen molar-refractivity contribution in [2.24, 2.45) is 0 Å². The Balaban J connectivity index is 1.81. The van der Waals surface area contributed by atoms with Crippen molar-refractivity contribution in [1.82, 2.24) is 0 Å². The molecule has 0 aliphatic carbocycles. The fraction of sp³-hybridized carbons (Fsp3) is 0.222. The summed E-state index contributed by atoms with van der Waals surface area (Å²) in [4.78, 5) is 25.1. The molecule has 118 valence electrons. The maximum atomic E-state index is 12.4. The highest BCUT2D eigenvalue weighted by Gasteiger charge is 2.15. The van der Waals surface area contributed by atoms with Crippen molar-refractivity contribution in [1.29, 1.82) is 0 Å². The van der Waals surface area contributed by atoms with Crippen LogP contribution in [0.1, 0.15) is 29.3 Å². The molecule has 0 saturated carbocycles. The molecule has 0 aromatic heterocycles. The highest BCUT2D eigenvalue weighted by molar-refractivity contribution is 7.99. The molecule has 0 radical (unpaired) electrons. The van der Waals surface area contributed by atoms with Crippen molar-refractivity contribution >= 4 is 35.0 Å². The number of fused-ring (bicyclic) bond motifs is 1. The second kappa shape index (κ2) is 6.87. The van der Waals surface area contributed by atoms with Crippen LogP contribution in [0.25, 0.3) is 0 Å². The number of nitrogens with one attached hydrogen (secondary N) is 2. The van der Waals surface area contributed by atoms with Crippen molar-refractivity contribution in [3.05, 3.63) is 53.6 Å². The summed E-state index contributed by atoms with van der Waals surface area (Å²) in [7, 11) is 0. The summed E-state index contributed by atoms with van der Waals surface area (Å²) in [6.07, 6.45) is 1.41. The van der Waals surface area contributed by atoms with Crippen LogP contribution in [0.5, 0.6) is 0 Å². The van der Waals surface area contributed by atoms with Crippen LogP contribution in [0.3, 0.4) is 0 Å². The summed E-state index contributed by atoms with van der Waals surface area (Å²) in [5.41, 5.74) is 3.21. The van der Waals surface area contributed by atoms with E-state index < -0.39 is 0 Å². The van der Waals surface area contributed by atoms with E-state index in [1.165, 1.54) is 5.56 Å². The minimum atomic E-state index is -0.176. The van der Waals surface area contributed by atoms with Gasteiger partial charge in [0.15, 0.2) is 0 Å². The lowest BCUT2D eigenvalue weighted by Crippen LogP contribution is -2.14. The van der Waals surface area contributed by atoms with E-state index >= 15 is 0 Å². The average molecular weight is 326 g/mol. The van der Waals surface area contributed by atoms with Crippen molar-refractivity contribution in [3.63, 3.8) is 0 Å². The van der Waals surface area contributed by atoms with Crippen LogP contribution in [0, 0.1) is 0 Å². The van der Waals surface area contributed by atoms with E-state index in [1.807, 2.05) is 30.3 Å². The lowest BCUT2D eigenvalue weighted by molar-refractivity contribution is -0.115. The Kier molecular flexibility index (Phi) is 4.67. The van der Waals surface area contributed by atoms with Gasteiger partial charge in [-0.3, -0.25) is 9.59 Å². The van der Waals surface area contributed by atoms with Gasteiger partial charge in [0.25, 0.3) is 5.91 Å². The Hall–Kier alpha value is -2.27. The average Bonchev–Trinajstić information content (AvgIpc) is 2.74. The molecule has 2 N–H and O–H groups in total. The Morgan fingerprint density at radius 2 is 2.13 bits per heavy atom. The van der Waals surface area contributed by atoms with Crippen LogP contribution >= 0.6 is 11.8 Å². The minimum absolute atomic E-state index is 0.00976. The molecule has 0 spiro atoms. The normalized spacial score (nSPS) is 13.7. The van der Waals surface area contributed by atoms with Gasteiger partial charge in [0.05, 0.1) is 5.69 Å². The Labute approximate surface area is 139 Å². The summed E-state index contributed by atoms with van der Waals surface area (Å²) >= 11 is 1.63.